The zero-order valence-electron chi connectivity index (χ0n) is 14.7. The Morgan fingerprint density at radius 1 is 1.42 bits per heavy atom. The first kappa shape index (κ1) is 18.3. The molecule has 1 N–H and O–H groups in total. The number of carbonyl (C=O) groups excluding carboxylic acids is 1. The number of hydrogen-bond acceptors (Lipinski definition) is 4. The van der Waals surface area contributed by atoms with Crippen molar-refractivity contribution < 1.29 is 13.9 Å². The van der Waals surface area contributed by atoms with Crippen molar-refractivity contribution in [1.29, 1.82) is 0 Å². The number of aromatic nitrogens is 2. The lowest BCUT2D eigenvalue weighted by molar-refractivity contribution is -0.130. The Labute approximate surface area is 151 Å². The SMILES string of the molecule is Cc1cc(F)ccc1CC(=O)N1CCOC[C@H](Cc2cc(=O)[nH]cn2)C1. The molecule has 26 heavy (non-hydrogen) atoms. The molecule has 1 aromatic heterocycles. The number of aryl methyl sites for hydroxylation is 1. The second-order valence-electron chi connectivity index (χ2n) is 6.63. The Kier molecular flexibility index (Phi) is 5.78. The number of amides is 1. The van der Waals surface area contributed by atoms with Gasteiger partial charge in [-0.1, -0.05) is 6.07 Å². The van der Waals surface area contributed by atoms with Crippen molar-refractivity contribution in [1.82, 2.24) is 14.9 Å². The molecule has 0 spiro atoms. The molecule has 1 aromatic carbocycles. The van der Waals surface area contributed by atoms with Crippen LogP contribution < -0.4 is 5.56 Å². The summed E-state index contributed by atoms with van der Waals surface area (Å²) in [5, 5.41) is 0. The van der Waals surface area contributed by atoms with E-state index in [0.717, 1.165) is 11.1 Å². The fraction of sp³-hybridized carbons (Fsp3) is 0.421. The van der Waals surface area contributed by atoms with E-state index in [0.29, 0.717) is 38.4 Å². The third-order valence-electron chi connectivity index (χ3n) is 4.57. The minimum atomic E-state index is -0.299. The first-order valence-corrected chi connectivity index (χ1v) is 8.65. The van der Waals surface area contributed by atoms with Crippen LogP contribution in [0.4, 0.5) is 4.39 Å². The summed E-state index contributed by atoms with van der Waals surface area (Å²) in [4.78, 5) is 32.6. The van der Waals surface area contributed by atoms with Gasteiger partial charge >= 0.3 is 0 Å². The lowest BCUT2D eigenvalue weighted by Gasteiger charge is -2.24. The molecule has 7 heteroatoms. The van der Waals surface area contributed by atoms with E-state index in [2.05, 4.69) is 9.97 Å². The number of nitrogens with zero attached hydrogens (tertiary/aromatic N) is 2. The van der Waals surface area contributed by atoms with Gasteiger partial charge in [0.1, 0.15) is 5.82 Å². The lowest BCUT2D eigenvalue weighted by Crippen LogP contribution is -2.37. The van der Waals surface area contributed by atoms with Crippen molar-refractivity contribution in [3.8, 4) is 0 Å². The number of nitrogens with one attached hydrogen (secondary N) is 1. The average Bonchev–Trinajstić information content (AvgIpc) is 2.83. The fourth-order valence-electron chi connectivity index (χ4n) is 3.18. The second kappa shape index (κ2) is 8.23. The highest BCUT2D eigenvalue weighted by Crippen LogP contribution is 2.16. The molecule has 1 fully saturated rings. The van der Waals surface area contributed by atoms with Crippen LogP contribution in [0, 0.1) is 18.7 Å². The molecule has 0 bridgehead atoms. The van der Waals surface area contributed by atoms with Crippen molar-refractivity contribution in [3.63, 3.8) is 0 Å². The summed E-state index contributed by atoms with van der Waals surface area (Å²) in [5.41, 5.74) is 2.10. The van der Waals surface area contributed by atoms with Gasteiger partial charge in [-0.3, -0.25) is 9.59 Å². The van der Waals surface area contributed by atoms with Gasteiger partial charge in [0.15, 0.2) is 0 Å². The van der Waals surface area contributed by atoms with Crippen LogP contribution >= 0.6 is 0 Å². The van der Waals surface area contributed by atoms with Gasteiger partial charge in [0.2, 0.25) is 5.91 Å². The maximum atomic E-state index is 13.2. The molecule has 138 valence electrons. The number of ether oxygens (including phenoxy) is 1. The first-order chi connectivity index (χ1) is 12.5. The fourth-order valence-corrected chi connectivity index (χ4v) is 3.18. The minimum Gasteiger partial charge on any atom is -0.379 e. The van der Waals surface area contributed by atoms with Crippen LogP contribution in [0.1, 0.15) is 16.8 Å². The summed E-state index contributed by atoms with van der Waals surface area (Å²) in [5.74, 6) is -0.230. The Morgan fingerprint density at radius 2 is 2.27 bits per heavy atom. The number of carbonyl (C=O) groups is 1. The van der Waals surface area contributed by atoms with Gasteiger partial charge in [0.25, 0.3) is 5.56 Å². The van der Waals surface area contributed by atoms with E-state index in [4.69, 9.17) is 4.74 Å². The maximum absolute atomic E-state index is 13.2. The van der Waals surface area contributed by atoms with Crippen LogP contribution in [0.15, 0.2) is 35.4 Å². The molecule has 6 nitrogen and oxygen atoms in total. The largest absolute Gasteiger partial charge is 0.379 e. The van der Waals surface area contributed by atoms with E-state index in [1.807, 2.05) is 0 Å². The van der Waals surface area contributed by atoms with Gasteiger partial charge in [-0.2, -0.15) is 0 Å². The summed E-state index contributed by atoms with van der Waals surface area (Å²) in [7, 11) is 0. The Hall–Kier alpha value is -2.54. The monoisotopic (exact) mass is 359 g/mol. The van der Waals surface area contributed by atoms with Crippen molar-refractivity contribution in [3.05, 3.63) is 63.6 Å². The molecule has 2 aromatic rings. The highest BCUT2D eigenvalue weighted by atomic mass is 19.1. The van der Waals surface area contributed by atoms with Crippen LogP contribution in [0.25, 0.3) is 0 Å². The summed E-state index contributed by atoms with van der Waals surface area (Å²) >= 11 is 0. The summed E-state index contributed by atoms with van der Waals surface area (Å²) in [6.45, 7) is 3.88. The predicted octanol–water partition coefficient (Wildman–Crippen LogP) is 1.48. The van der Waals surface area contributed by atoms with E-state index in [9.17, 15) is 14.0 Å². The first-order valence-electron chi connectivity index (χ1n) is 8.65. The lowest BCUT2D eigenvalue weighted by atomic mass is 10.0. The number of halogens is 1. The molecule has 1 aliphatic heterocycles. The average molecular weight is 359 g/mol. The van der Waals surface area contributed by atoms with E-state index in [1.54, 1.807) is 17.9 Å². The highest BCUT2D eigenvalue weighted by molar-refractivity contribution is 5.79. The number of hydrogen-bond donors (Lipinski definition) is 1. The molecule has 1 aliphatic rings. The number of aromatic amines is 1. The highest BCUT2D eigenvalue weighted by Gasteiger charge is 2.23. The van der Waals surface area contributed by atoms with Crippen LogP contribution in [0.3, 0.4) is 0 Å². The standard InChI is InChI=1S/C19H22FN3O3/c1-13-6-16(20)3-2-15(13)8-19(25)23-4-5-26-11-14(10-23)7-17-9-18(24)22-12-21-17/h2-3,6,9,12,14H,4-5,7-8,10-11H2,1H3,(H,21,22,24)/t14-/m1/s1. The zero-order chi connectivity index (χ0) is 18.5. The third-order valence-corrected chi connectivity index (χ3v) is 4.57. The van der Waals surface area contributed by atoms with Gasteiger partial charge < -0.3 is 14.6 Å². The van der Waals surface area contributed by atoms with Gasteiger partial charge in [0, 0.05) is 30.8 Å². The number of H-pyrrole nitrogens is 1. The van der Waals surface area contributed by atoms with Crippen LogP contribution in [-0.4, -0.2) is 47.1 Å². The zero-order valence-corrected chi connectivity index (χ0v) is 14.7. The van der Waals surface area contributed by atoms with E-state index >= 15 is 0 Å². The topological polar surface area (TPSA) is 75.3 Å². The van der Waals surface area contributed by atoms with Crippen molar-refractivity contribution >= 4 is 5.91 Å². The van der Waals surface area contributed by atoms with E-state index < -0.39 is 0 Å². The molecular formula is C19H22FN3O3. The van der Waals surface area contributed by atoms with Crippen molar-refractivity contribution in [2.75, 3.05) is 26.3 Å². The van der Waals surface area contributed by atoms with Gasteiger partial charge in [-0.05, 0) is 36.6 Å². The van der Waals surface area contributed by atoms with Gasteiger partial charge in [0.05, 0.1) is 26.0 Å². The third kappa shape index (κ3) is 4.76. The van der Waals surface area contributed by atoms with E-state index in [-0.39, 0.29) is 29.6 Å². The molecule has 3 rings (SSSR count). The van der Waals surface area contributed by atoms with E-state index in [1.165, 1.54) is 24.5 Å². The number of benzene rings is 1. The smallest absolute Gasteiger partial charge is 0.250 e. The normalized spacial score (nSPS) is 17.8. The number of rotatable bonds is 4. The second-order valence-corrected chi connectivity index (χ2v) is 6.63. The molecule has 1 saturated heterocycles. The minimum absolute atomic E-state index is 0.00548. The molecular weight excluding hydrogens is 337 g/mol. The van der Waals surface area contributed by atoms with Crippen molar-refractivity contribution in [2.24, 2.45) is 5.92 Å². The predicted molar refractivity (Wildman–Crippen MR) is 94.3 cm³/mol. The maximum Gasteiger partial charge on any atom is 0.250 e. The Bertz CT molecular complexity index is 837. The molecule has 0 unspecified atom stereocenters. The van der Waals surface area contributed by atoms with Crippen LogP contribution in [-0.2, 0) is 22.4 Å². The van der Waals surface area contributed by atoms with Crippen molar-refractivity contribution in [2.45, 2.75) is 19.8 Å². The van der Waals surface area contributed by atoms with Crippen LogP contribution in [0.2, 0.25) is 0 Å². The molecule has 1 atom stereocenters. The molecule has 2 heterocycles. The molecule has 1 amide bonds. The summed E-state index contributed by atoms with van der Waals surface area (Å²) in [6.07, 6.45) is 2.20. The summed E-state index contributed by atoms with van der Waals surface area (Å²) < 4.78 is 18.9. The Morgan fingerprint density at radius 3 is 3.04 bits per heavy atom. The Balaban J connectivity index is 1.66. The van der Waals surface area contributed by atoms with Crippen LogP contribution in [0.5, 0.6) is 0 Å². The molecule has 0 saturated carbocycles. The molecule has 0 radical (unpaired) electrons. The molecule has 0 aliphatic carbocycles. The van der Waals surface area contributed by atoms with Gasteiger partial charge in [-0.15, -0.1) is 0 Å². The van der Waals surface area contributed by atoms with Gasteiger partial charge in [-0.25, -0.2) is 9.37 Å². The quantitative estimate of drug-likeness (QED) is 0.897. The summed E-state index contributed by atoms with van der Waals surface area (Å²) in [6, 6.07) is 5.95.